The number of hydrogen-bond acceptors (Lipinski definition) is 6. The molecule has 3 aromatic rings. The molecule has 6 nitrogen and oxygen atoms in total. The van der Waals surface area contributed by atoms with Crippen molar-refractivity contribution in [1.29, 1.82) is 0 Å². The average Bonchev–Trinajstić information content (AvgIpc) is 2.89. The summed E-state index contributed by atoms with van der Waals surface area (Å²) in [6.07, 6.45) is 2.45. The molecule has 1 aromatic heterocycles. The molecular formula is C30H37F3N6. The van der Waals surface area contributed by atoms with Crippen LogP contribution in [0.25, 0.3) is 5.70 Å². The van der Waals surface area contributed by atoms with E-state index in [1.807, 2.05) is 25.1 Å². The molecule has 2 heterocycles. The zero-order valence-corrected chi connectivity index (χ0v) is 22.7. The summed E-state index contributed by atoms with van der Waals surface area (Å²) in [6, 6.07) is 10.3. The van der Waals surface area contributed by atoms with Crippen molar-refractivity contribution in [2.75, 3.05) is 44.3 Å². The molecule has 0 bridgehead atoms. The highest BCUT2D eigenvalue weighted by molar-refractivity contribution is 5.76. The van der Waals surface area contributed by atoms with Crippen molar-refractivity contribution < 1.29 is 13.2 Å². The van der Waals surface area contributed by atoms with E-state index in [-0.39, 0.29) is 0 Å². The number of unbranched alkanes of at least 4 members (excludes halogenated alkanes) is 1. The van der Waals surface area contributed by atoms with Crippen LogP contribution < -0.4 is 11.1 Å². The number of nitrogen functional groups attached to an aromatic ring is 1. The van der Waals surface area contributed by atoms with Gasteiger partial charge in [0, 0.05) is 56.5 Å². The molecule has 0 atom stereocenters. The molecule has 1 saturated heterocycles. The number of nitrogens with zero attached hydrogens (tertiary/aromatic N) is 4. The van der Waals surface area contributed by atoms with Crippen molar-refractivity contribution in [3.8, 4) is 0 Å². The van der Waals surface area contributed by atoms with E-state index in [9.17, 15) is 13.2 Å². The Hall–Kier alpha value is -3.43. The standard InChI is InChI=1S/C30H37F3N6/c1-21-16-27(9-8-24(21)6-4-5-7-28-29(34)36-11-10-35-28)37-22(2)25-17-23(18-26(19-25)30(31,32)33)20-39-14-12-38(3)13-15-39/h8-11,16-19,37H,2,4-7,12-15,20H2,1,3H3,(H2,34,36). The Kier molecular flexibility index (Phi) is 9.24. The average molecular weight is 539 g/mol. The summed E-state index contributed by atoms with van der Waals surface area (Å²) in [6.45, 7) is 10.1. The molecule has 208 valence electrons. The number of hydrogen-bond donors (Lipinski definition) is 2. The number of alkyl halides is 3. The van der Waals surface area contributed by atoms with Crippen molar-refractivity contribution in [1.82, 2.24) is 19.8 Å². The first-order valence-electron chi connectivity index (χ1n) is 13.3. The van der Waals surface area contributed by atoms with Crippen LogP contribution in [-0.2, 0) is 25.6 Å². The quantitative estimate of drug-likeness (QED) is 0.319. The maximum absolute atomic E-state index is 13.7. The lowest BCUT2D eigenvalue weighted by Crippen LogP contribution is -2.43. The fourth-order valence-corrected chi connectivity index (χ4v) is 4.86. The van der Waals surface area contributed by atoms with Gasteiger partial charge in [-0.15, -0.1) is 0 Å². The summed E-state index contributed by atoms with van der Waals surface area (Å²) in [5, 5.41) is 3.23. The third-order valence-corrected chi connectivity index (χ3v) is 7.22. The Bertz CT molecular complexity index is 1280. The van der Waals surface area contributed by atoms with Gasteiger partial charge in [-0.2, -0.15) is 13.2 Å². The van der Waals surface area contributed by atoms with Crippen LogP contribution in [0.3, 0.4) is 0 Å². The Morgan fingerprint density at radius 3 is 2.41 bits per heavy atom. The number of aryl methyl sites for hydroxylation is 3. The van der Waals surface area contributed by atoms with Crippen LogP contribution in [0.5, 0.6) is 0 Å². The molecule has 3 N–H and O–H groups in total. The van der Waals surface area contributed by atoms with Crippen molar-refractivity contribution >= 4 is 17.2 Å². The van der Waals surface area contributed by atoms with E-state index >= 15 is 0 Å². The van der Waals surface area contributed by atoms with Crippen molar-refractivity contribution in [2.45, 2.75) is 45.3 Å². The van der Waals surface area contributed by atoms with Crippen LogP contribution in [0.2, 0.25) is 0 Å². The molecule has 1 fully saturated rings. The minimum atomic E-state index is -4.43. The third kappa shape index (κ3) is 8.03. The highest BCUT2D eigenvalue weighted by Crippen LogP contribution is 2.33. The highest BCUT2D eigenvalue weighted by Gasteiger charge is 2.31. The van der Waals surface area contributed by atoms with Crippen LogP contribution in [0.15, 0.2) is 55.4 Å². The summed E-state index contributed by atoms with van der Waals surface area (Å²) >= 11 is 0. The van der Waals surface area contributed by atoms with E-state index in [0.717, 1.165) is 68.8 Å². The molecule has 4 rings (SSSR count). The molecule has 1 aliphatic heterocycles. The number of aromatic nitrogens is 2. The van der Waals surface area contributed by atoms with Gasteiger partial charge in [-0.1, -0.05) is 12.6 Å². The van der Waals surface area contributed by atoms with Gasteiger partial charge in [-0.25, -0.2) is 4.98 Å². The molecule has 1 aliphatic rings. The second-order valence-electron chi connectivity index (χ2n) is 10.3. The topological polar surface area (TPSA) is 70.3 Å². The van der Waals surface area contributed by atoms with Gasteiger partial charge in [0.25, 0.3) is 0 Å². The number of likely N-dealkylation sites (N-methyl/N-ethyl adjacent to an activating group) is 1. The molecule has 39 heavy (non-hydrogen) atoms. The first kappa shape index (κ1) is 28.6. The molecule has 0 unspecified atom stereocenters. The fraction of sp³-hybridized carbons (Fsp3) is 0.400. The van der Waals surface area contributed by atoms with Crippen LogP contribution in [0, 0.1) is 6.92 Å². The van der Waals surface area contributed by atoms with E-state index in [1.165, 1.54) is 17.7 Å². The van der Waals surface area contributed by atoms with E-state index in [0.29, 0.717) is 29.2 Å². The number of anilines is 2. The molecule has 9 heteroatoms. The van der Waals surface area contributed by atoms with Crippen LogP contribution in [0.4, 0.5) is 24.7 Å². The maximum Gasteiger partial charge on any atom is 0.416 e. The monoisotopic (exact) mass is 538 g/mol. The summed E-state index contributed by atoms with van der Waals surface area (Å²) in [5.41, 5.74) is 10.7. The Balaban J connectivity index is 1.39. The lowest BCUT2D eigenvalue weighted by molar-refractivity contribution is -0.137. The van der Waals surface area contributed by atoms with Gasteiger partial charge in [0.1, 0.15) is 5.82 Å². The lowest BCUT2D eigenvalue weighted by atomic mass is 10.00. The van der Waals surface area contributed by atoms with E-state index in [2.05, 4.69) is 44.8 Å². The SMILES string of the molecule is C=C(Nc1ccc(CCCCc2nccnc2N)c(C)c1)c1cc(CN2CCN(C)CC2)cc(C(F)(F)F)c1. The van der Waals surface area contributed by atoms with Gasteiger partial charge in [0.15, 0.2) is 0 Å². The van der Waals surface area contributed by atoms with Crippen molar-refractivity contribution in [3.05, 3.63) is 88.9 Å². The van der Waals surface area contributed by atoms with Gasteiger partial charge in [-0.3, -0.25) is 9.88 Å². The van der Waals surface area contributed by atoms with Crippen molar-refractivity contribution in [2.24, 2.45) is 0 Å². The lowest BCUT2D eigenvalue weighted by Gasteiger charge is -2.32. The molecule has 0 spiro atoms. The largest absolute Gasteiger partial charge is 0.416 e. The maximum atomic E-state index is 13.7. The van der Waals surface area contributed by atoms with Gasteiger partial charge >= 0.3 is 6.18 Å². The molecule has 0 amide bonds. The van der Waals surface area contributed by atoms with Gasteiger partial charge in [-0.05, 0) is 92.2 Å². The second-order valence-corrected chi connectivity index (χ2v) is 10.3. The van der Waals surface area contributed by atoms with E-state index in [1.54, 1.807) is 12.4 Å². The number of nitrogens with one attached hydrogen (secondary N) is 1. The summed E-state index contributed by atoms with van der Waals surface area (Å²) in [5.74, 6) is 0.483. The third-order valence-electron chi connectivity index (χ3n) is 7.22. The normalized spacial score (nSPS) is 14.9. The minimum Gasteiger partial charge on any atom is -0.382 e. The highest BCUT2D eigenvalue weighted by atomic mass is 19.4. The molecule has 0 saturated carbocycles. The van der Waals surface area contributed by atoms with Gasteiger partial charge < -0.3 is 16.0 Å². The fourth-order valence-electron chi connectivity index (χ4n) is 4.86. The molecule has 0 aliphatic carbocycles. The number of piperazine rings is 1. The smallest absolute Gasteiger partial charge is 0.382 e. The molecule has 2 aromatic carbocycles. The Morgan fingerprint density at radius 2 is 1.72 bits per heavy atom. The summed E-state index contributed by atoms with van der Waals surface area (Å²) in [4.78, 5) is 12.8. The zero-order valence-electron chi connectivity index (χ0n) is 22.7. The second kappa shape index (κ2) is 12.6. The van der Waals surface area contributed by atoms with Crippen LogP contribution >= 0.6 is 0 Å². The summed E-state index contributed by atoms with van der Waals surface area (Å²) in [7, 11) is 2.06. The van der Waals surface area contributed by atoms with Crippen molar-refractivity contribution in [3.63, 3.8) is 0 Å². The minimum absolute atomic E-state index is 0.439. The van der Waals surface area contributed by atoms with E-state index < -0.39 is 11.7 Å². The first-order chi connectivity index (χ1) is 18.6. The number of benzene rings is 2. The van der Waals surface area contributed by atoms with Gasteiger partial charge in [0.2, 0.25) is 0 Å². The molecule has 0 radical (unpaired) electrons. The Morgan fingerprint density at radius 1 is 1.00 bits per heavy atom. The number of halogens is 3. The predicted molar refractivity (Wildman–Crippen MR) is 151 cm³/mol. The first-order valence-corrected chi connectivity index (χ1v) is 13.3. The number of nitrogens with two attached hydrogens (primary N) is 1. The van der Waals surface area contributed by atoms with Crippen LogP contribution in [0.1, 0.15) is 46.4 Å². The van der Waals surface area contributed by atoms with E-state index in [4.69, 9.17) is 5.73 Å². The predicted octanol–water partition coefficient (Wildman–Crippen LogP) is 5.78. The van der Waals surface area contributed by atoms with Crippen LogP contribution in [-0.4, -0.2) is 53.0 Å². The van der Waals surface area contributed by atoms with Gasteiger partial charge in [0.05, 0.1) is 11.3 Å². The number of rotatable bonds is 10. The zero-order chi connectivity index (χ0) is 28.0. The Labute approximate surface area is 228 Å². The molecular weight excluding hydrogens is 501 g/mol. The summed E-state index contributed by atoms with van der Waals surface area (Å²) < 4.78 is 41.2.